The minimum atomic E-state index is -0.587. The van der Waals surface area contributed by atoms with Crippen molar-refractivity contribution < 1.29 is 12.3 Å². The molecule has 0 atom stereocenters. The number of hydrogen-bond acceptors (Lipinski definition) is 0. The third kappa shape index (κ3) is 3.05. The lowest BCUT2D eigenvalue weighted by Gasteiger charge is -2.08. The van der Waals surface area contributed by atoms with Gasteiger partial charge < -0.3 is 0 Å². The molecule has 0 aliphatic rings. The molecule has 0 radical (unpaired) electrons. The van der Waals surface area contributed by atoms with Gasteiger partial charge in [0.25, 0.3) is 0 Å². The van der Waals surface area contributed by atoms with Gasteiger partial charge >= 0.3 is 0 Å². The standard InChI is InChI=1S/C21H20/c1-16(2)17-8-10-20(11-9-17)21-14-12-19(13-15-21)18-6-4-3-5-7-18/h3-16H,1-2H3/i3D,4D,5D,6D,7D,12D,13D,14D,15D. The van der Waals surface area contributed by atoms with E-state index in [1.807, 2.05) is 26.0 Å². The van der Waals surface area contributed by atoms with E-state index in [4.69, 9.17) is 12.3 Å². The molecular formula is C21H20. The predicted molar refractivity (Wildman–Crippen MR) is 91.4 cm³/mol. The summed E-state index contributed by atoms with van der Waals surface area (Å²) in [6, 6.07) is 2.81. The van der Waals surface area contributed by atoms with Crippen molar-refractivity contribution in [1.29, 1.82) is 0 Å². The highest BCUT2D eigenvalue weighted by atomic mass is 14.1. The molecule has 0 saturated carbocycles. The summed E-state index contributed by atoms with van der Waals surface area (Å²) in [5.41, 5.74) is 1.06. The van der Waals surface area contributed by atoms with Gasteiger partial charge in [-0.1, -0.05) is 92.5 Å². The molecule has 0 nitrogen and oxygen atoms in total. The van der Waals surface area contributed by atoms with Crippen molar-refractivity contribution in [1.82, 2.24) is 0 Å². The molecule has 0 spiro atoms. The van der Waals surface area contributed by atoms with E-state index in [2.05, 4.69) is 0 Å². The maximum atomic E-state index is 8.45. The highest BCUT2D eigenvalue weighted by Crippen LogP contribution is 2.26. The van der Waals surface area contributed by atoms with E-state index in [0.717, 1.165) is 5.56 Å². The Morgan fingerprint density at radius 3 is 1.62 bits per heavy atom. The zero-order valence-electron chi connectivity index (χ0n) is 20.9. The average Bonchev–Trinajstić information content (AvgIpc) is 2.72. The van der Waals surface area contributed by atoms with Crippen LogP contribution in [0.1, 0.15) is 37.7 Å². The molecule has 0 aromatic heterocycles. The normalized spacial score (nSPS) is 16.8. The molecular weight excluding hydrogens is 252 g/mol. The summed E-state index contributed by atoms with van der Waals surface area (Å²) in [6.07, 6.45) is 0. The van der Waals surface area contributed by atoms with Crippen LogP contribution < -0.4 is 0 Å². The molecule has 0 bridgehead atoms. The van der Waals surface area contributed by atoms with E-state index < -0.39 is 42.3 Å². The van der Waals surface area contributed by atoms with E-state index in [9.17, 15) is 0 Å². The minimum Gasteiger partial charge on any atom is -0.0622 e. The summed E-state index contributed by atoms with van der Waals surface area (Å²) in [5.74, 6) is 0.301. The van der Waals surface area contributed by atoms with E-state index >= 15 is 0 Å². The fraction of sp³-hybridized carbons (Fsp3) is 0.143. The average molecular weight is 281 g/mol. The van der Waals surface area contributed by atoms with Crippen LogP contribution in [0, 0.1) is 0 Å². The van der Waals surface area contributed by atoms with Gasteiger partial charge in [-0.15, -0.1) is 0 Å². The van der Waals surface area contributed by atoms with Gasteiger partial charge in [0, 0.05) is 0 Å². The van der Waals surface area contributed by atoms with Crippen LogP contribution in [0.2, 0.25) is 0 Å². The molecule has 0 amide bonds. The van der Waals surface area contributed by atoms with Crippen LogP contribution in [0.25, 0.3) is 22.3 Å². The Bertz CT molecular complexity index is 1090. The summed E-state index contributed by atoms with van der Waals surface area (Å²) in [5, 5.41) is 0. The van der Waals surface area contributed by atoms with E-state index in [1.165, 1.54) is 0 Å². The van der Waals surface area contributed by atoms with Gasteiger partial charge in [-0.05, 0) is 33.7 Å². The molecule has 3 aromatic carbocycles. The van der Waals surface area contributed by atoms with Crippen LogP contribution in [0.5, 0.6) is 0 Å². The van der Waals surface area contributed by atoms with Crippen molar-refractivity contribution in [2.24, 2.45) is 0 Å². The van der Waals surface area contributed by atoms with Crippen LogP contribution in [-0.2, 0) is 0 Å². The maximum Gasteiger partial charge on any atom is 0.0629 e. The van der Waals surface area contributed by atoms with Crippen LogP contribution in [0.3, 0.4) is 0 Å². The van der Waals surface area contributed by atoms with E-state index in [0.29, 0.717) is 11.5 Å². The molecule has 0 aliphatic carbocycles. The van der Waals surface area contributed by atoms with E-state index in [-0.39, 0.29) is 28.8 Å². The first kappa shape index (κ1) is 6.62. The lowest BCUT2D eigenvalue weighted by Crippen LogP contribution is -1.86. The smallest absolute Gasteiger partial charge is 0.0622 e. The lowest BCUT2D eigenvalue weighted by atomic mass is 9.97. The quantitative estimate of drug-likeness (QED) is 0.540. The summed E-state index contributed by atoms with van der Waals surface area (Å²) in [4.78, 5) is 0. The van der Waals surface area contributed by atoms with Gasteiger partial charge in [-0.2, -0.15) is 0 Å². The third-order valence-corrected chi connectivity index (χ3v) is 3.24. The summed E-state index contributed by atoms with van der Waals surface area (Å²) < 4.78 is 73.4. The molecule has 0 fully saturated rings. The second-order valence-corrected chi connectivity index (χ2v) is 5.03. The van der Waals surface area contributed by atoms with Crippen molar-refractivity contribution in [3.63, 3.8) is 0 Å². The SMILES string of the molecule is [2H]c1c([2H])c([2H])c(-c2c([2H])c([2H])c(-c3ccc(C(C)C)cc3)c([2H])c2[2H])c([2H])c1[2H]. The molecule has 0 saturated heterocycles. The molecule has 0 heteroatoms. The largest absolute Gasteiger partial charge is 0.0629 e. The Balaban J connectivity index is 2.33. The molecule has 3 aromatic rings. The summed E-state index contributed by atoms with van der Waals surface area (Å²) in [7, 11) is 0. The fourth-order valence-electron chi connectivity index (χ4n) is 1.99. The van der Waals surface area contributed by atoms with Gasteiger partial charge in [-0.25, -0.2) is 0 Å². The Kier molecular flexibility index (Phi) is 1.88. The fourth-order valence-corrected chi connectivity index (χ4v) is 1.99. The Labute approximate surface area is 139 Å². The van der Waals surface area contributed by atoms with Gasteiger partial charge in [0.15, 0.2) is 0 Å². The Hall–Kier alpha value is -2.34. The maximum absolute atomic E-state index is 8.45. The molecule has 3 rings (SSSR count). The monoisotopic (exact) mass is 281 g/mol. The highest BCUT2D eigenvalue weighted by Gasteiger charge is 2.02. The predicted octanol–water partition coefficient (Wildman–Crippen LogP) is 6.14. The zero-order chi connectivity index (χ0) is 22.5. The number of benzene rings is 3. The topological polar surface area (TPSA) is 0 Å². The molecule has 0 N–H and O–H groups in total. The highest BCUT2D eigenvalue weighted by molar-refractivity contribution is 5.70. The van der Waals surface area contributed by atoms with Crippen molar-refractivity contribution in [3.8, 4) is 22.3 Å². The van der Waals surface area contributed by atoms with Gasteiger partial charge in [-0.3, -0.25) is 0 Å². The second-order valence-electron chi connectivity index (χ2n) is 5.03. The van der Waals surface area contributed by atoms with Crippen LogP contribution in [0.15, 0.2) is 78.6 Å². The van der Waals surface area contributed by atoms with Crippen molar-refractivity contribution >= 4 is 0 Å². The van der Waals surface area contributed by atoms with Crippen LogP contribution in [0.4, 0.5) is 0 Å². The second kappa shape index (κ2) is 5.97. The van der Waals surface area contributed by atoms with Crippen LogP contribution >= 0.6 is 0 Å². The molecule has 0 unspecified atom stereocenters. The van der Waals surface area contributed by atoms with Gasteiger partial charge in [0.05, 0.1) is 12.3 Å². The Morgan fingerprint density at radius 1 is 0.619 bits per heavy atom. The van der Waals surface area contributed by atoms with Crippen molar-refractivity contribution in [3.05, 3.63) is 84.2 Å². The molecule has 104 valence electrons. The summed E-state index contributed by atoms with van der Waals surface area (Å²) in [6.45, 7) is 4.08. The first-order chi connectivity index (χ1) is 14.0. The summed E-state index contributed by atoms with van der Waals surface area (Å²) >= 11 is 0. The van der Waals surface area contributed by atoms with Gasteiger partial charge in [0.1, 0.15) is 0 Å². The number of hydrogen-bond donors (Lipinski definition) is 0. The third-order valence-electron chi connectivity index (χ3n) is 3.24. The first-order valence-electron chi connectivity index (χ1n) is 11.3. The minimum absolute atomic E-state index is 0.108. The Morgan fingerprint density at radius 2 is 1.10 bits per heavy atom. The first-order valence-corrected chi connectivity index (χ1v) is 6.76. The zero-order valence-corrected chi connectivity index (χ0v) is 11.9. The number of rotatable bonds is 3. The van der Waals surface area contributed by atoms with Gasteiger partial charge in [0.2, 0.25) is 0 Å². The molecule has 0 heterocycles. The van der Waals surface area contributed by atoms with Crippen molar-refractivity contribution in [2.45, 2.75) is 19.8 Å². The van der Waals surface area contributed by atoms with Crippen molar-refractivity contribution in [2.75, 3.05) is 0 Å². The molecule has 0 aliphatic heterocycles. The van der Waals surface area contributed by atoms with Crippen LogP contribution in [-0.4, -0.2) is 0 Å². The lowest BCUT2D eigenvalue weighted by molar-refractivity contribution is 0.867. The molecule has 21 heavy (non-hydrogen) atoms. The van der Waals surface area contributed by atoms with E-state index in [1.54, 1.807) is 12.1 Å².